The van der Waals surface area contributed by atoms with Crippen LogP contribution in [-0.4, -0.2) is 18.0 Å². The predicted octanol–water partition coefficient (Wildman–Crippen LogP) is 3.54. The summed E-state index contributed by atoms with van der Waals surface area (Å²) in [4.78, 5) is 2.24. The summed E-state index contributed by atoms with van der Waals surface area (Å²) in [6.45, 7) is 2.09. The lowest BCUT2D eigenvalue weighted by Crippen LogP contribution is -2.38. The Morgan fingerprint density at radius 1 is 1.19 bits per heavy atom. The Kier molecular flexibility index (Phi) is 4.24. The topological polar surface area (TPSA) is 29.3 Å². The number of halogens is 2. The van der Waals surface area contributed by atoms with Gasteiger partial charge in [-0.2, -0.15) is 0 Å². The second kappa shape index (κ2) is 6.14. The summed E-state index contributed by atoms with van der Waals surface area (Å²) in [6.07, 6.45) is 0.974. The van der Waals surface area contributed by atoms with E-state index in [1.165, 1.54) is 17.2 Å². The molecule has 0 aliphatic carbocycles. The maximum Gasteiger partial charge on any atom is 0.129 e. The lowest BCUT2D eigenvalue weighted by molar-refractivity contribution is 0.180. The first kappa shape index (κ1) is 14.5. The van der Waals surface area contributed by atoms with Crippen LogP contribution in [0.2, 0.25) is 5.02 Å². The van der Waals surface area contributed by atoms with Gasteiger partial charge < -0.3 is 5.73 Å². The second-order valence-electron chi connectivity index (χ2n) is 5.41. The minimum Gasteiger partial charge on any atom is -0.329 e. The largest absolute Gasteiger partial charge is 0.329 e. The predicted molar refractivity (Wildman–Crippen MR) is 83.8 cm³/mol. The summed E-state index contributed by atoms with van der Waals surface area (Å²) in [5, 5.41) is 0.413. The molecular weight excluding hydrogens is 287 g/mol. The molecule has 1 atom stereocenters. The van der Waals surface area contributed by atoms with Crippen molar-refractivity contribution in [3.05, 3.63) is 70.0 Å². The van der Waals surface area contributed by atoms with E-state index in [0.717, 1.165) is 19.5 Å². The molecule has 1 unspecified atom stereocenters. The van der Waals surface area contributed by atoms with Crippen LogP contribution in [0.4, 0.5) is 4.39 Å². The number of rotatable bonds is 3. The average molecular weight is 305 g/mol. The summed E-state index contributed by atoms with van der Waals surface area (Å²) >= 11 is 5.83. The van der Waals surface area contributed by atoms with Crippen LogP contribution in [0, 0.1) is 5.82 Å². The molecule has 110 valence electrons. The molecule has 0 amide bonds. The molecule has 0 bridgehead atoms. The van der Waals surface area contributed by atoms with E-state index in [1.807, 2.05) is 6.07 Å². The summed E-state index contributed by atoms with van der Waals surface area (Å²) < 4.78 is 14.2. The van der Waals surface area contributed by atoms with Crippen LogP contribution in [0.15, 0.2) is 42.5 Å². The molecule has 2 nitrogen and oxygen atoms in total. The van der Waals surface area contributed by atoms with Crippen LogP contribution in [0.3, 0.4) is 0 Å². The fourth-order valence-corrected chi connectivity index (χ4v) is 3.19. The van der Waals surface area contributed by atoms with Crippen LogP contribution in [-0.2, 0) is 13.0 Å². The van der Waals surface area contributed by atoms with Gasteiger partial charge in [0.15, 0.2) is 0 Å². The van der Waals surface area contributed by atoms with E-state index in [1.54, 1.807) is 12.1 Å². The lowest BCUT2D eigenvalue weighted by Gasteiger charge is -2.35. The van der Waals surface area contributed by atoms with Crippen LogP contribution in [0.1, 0.15) is 22.7 Å². The summed E-state index contributed by atoms with van der Waals surface area (Å²) in [5.41, 5.74) is 9.23. The quantitative estimate of drug-likeness (QED) is 0.940. The highest BCUT2D eigenvalue weighted by Gasteiger charge is 2.25. The molecule has 0 radical (unpaired) electrons. The molecule has 1 aliphatic heterocycles. The zero-order valence-corrected chi connectivity index (χ0v) is 12.5. The highest BCUT2D eigenvalue weighted by molar-refractivity contribution is 6.30. The Bertz CT molecular complexity index is 644. The maximum atomic E-state index is 14.2. The standard InChI is InChI=1S/C17H18ClFN2/c18-14-5-6-15(16(19)9-14)17(10-20)21-8-7-12-3-1-2-4-13(12)11-21/h1-6,9,17H,7-8,10-11,20H2. The maximum absolute atomic E-state index is 14.2. The lowest BCUT2D eigenvalue weighted by atomic mass is 9.96. The van der Waals surface area contributed by atoms with Gasteiger partial charge in [-0.25, -0.2) is 4.39 Å². The van der Waals surface area contributed by atoms with Crippen LogP contribution >= 0.6 is 11.6 Å². The Morgan fingerprint density at radius 2 is 1.95 bits per heavy atom. The number of nitrogens with zero attached hydrogens (tertiary/aromatic N) is 1. The monoisotopic (exact) mass is 304 g/mol. The van der Waals surface area contributed by atoms with Crippen molar-refractivity contribution in [2.45, 2.75) is 19.0 Å². The molecule has 2 aromatic carbocycles. The summed E-state index contributed by atoms with van der Waals surface area (Å²) in [7, 11) is 0. The fourth-order valence-electron chi connectivity index (χ4n) is 3.03. The van der Waals surface area contributed by atoms with Gasteiger partial charge in [0.1, 0.15) is 5.82 Å². The van der Waals surface area contributed by atoms with Crippen LogP contribution in [0.5, 0.6) is 0 Å². The molecule has 3 rings (SSSR count). The third kappa shape index (κ3) is 2.95. The number of fused-ring (bicyclic) bond motifs is 1. The fraction of sp³-hybridized carbons (Fsp3) is 0.294. The Morgan fingerprint density at radius 3 is 2.67 bits per heavy atom. The zero-order valence-electron chi connectivity index (χ0n) is 11.7. The van der Waals surface area contributed by atoms with Crippen LogP contribution in [0.25, 0.3) is 0 Å². The molecule has 0 saturated heterocycles. The molecule has 0 aromatic heterocycles. The molecule has 0 fully saturated rings. The van der Waals surface area contributed by atoms with Gasteiger partial charge in [0.05, 0.1) is 6.04 Å². The first-order valence-corrected chi connectivity index (χ1v) is 7.52. The van der Waals surface area contributed by atoms with Gasteiger partial charge in [0.25, 0.3) is 0 Å². The van der Waals surface area contributed by atoms with Crippen molar-refractivity contribution in [1.82, 2.24) is 4.90 Å². The van der Waals surface area contributed by atoms with E-state index in [-0.39, 0.29) is 11.9 Å². The van der Waals surface area contributed by atoms with E-state index in [9.17, 15) is 4.39 Å². The Hall–Kier alpha value is -1.42. The molecule has 4 heteroatoms. The van der Waals surface area contributed by atoms with Crippen molar-refractivity contribution in [2.75, 3.05) is 13.1 Å². The van der Waals surface area contributed by atoms with E-state index in [2.05, 4.69) is 23.1 Å². The summed E-state index contributed by atoms with van der Waals surface area (Å²) in [5.74, 6) is -0.281. The first-order chi connectivity index (χ1) is 10.2. The average Bonchev–Trinajstić information content (AvgIpc) is 2.50. The van der Waals surface area contributed by atoms with Crippen LogP contribution < -0.4 is 5.73 Å². The Labute approximate surface area is 129 Å². The van der Waals surface area contributed by atoms with Gasteiger partial charge >= 0.3 is 0 Å². The minimum absolute atomic E-state index is 0.115. The zero-order chi connectivity index (χ0) is 14.8. The number of hydrogen-bond acceptors (Lipinski definition) is 2. The minimum atomic E-state index is -0.281. The molecule has 2 N–H and O–H groups in total. The number of hydrogen-bond donors (Lipinski definition) is 1. The van der Waals surface area contributed by atoms with Crippen molar-refractivity contribution < 1.29 is 4.39 Å². The van der Waals surface area contributed by atoms with E-state index >= 15 is 0 Å². The molecule has 2 aromatic rings. The van der Waals surface area contributed by atoms with Crippen molar-refractivity contribution in [3.8, 4) is 0 Å². The van der Waals surface area contributed by atoms with Gasteiger partial charge in [0, 0.05) is 30.2 Å². The van der Waals surface area contributed by atoms with Crippen molar-refractivity contribution in [3.63, 3.8) is 0 Å². The SMILES string of the molecule is NCC(c1ccc(Cl)cc1F)N1CCc2ccccc2C1. The molecule has 0 saturated carbocycles. The van der Waals surface area contributed by atoms with Gasteiger partial charge in [0.2, 0.25) is 0 Å². The second-order valence-corrected chi connectivity index (χ2v) is 5.84. The van der Waals surface area contributed by atoms with Gasteiger partial charge in [-0.05, 0) is 29.7 Å². The van der Waals surface area contributed by atoms with Crippen molar-refractivity contribution in [1.29, 1.82) is 0 Å². The van der Waals surface area contributed by atoms with Gasteiger partial charge in [-0.1, -0.05) is 41.9 Å². The number of nitrogens with two attached hydrogens (primary N) is 1. The smallest absolute Gasteiger partial charge is 0.129 e. The highest BCUT2D eigenvalue weighted by Crippen LogP contribution is 2.29. The molecular formula is C17H18ClFN2. The molecule has 0 spiro atoms. The van der Waals surface area contributed by atoms with Crippen molar-refractivity contribution in [2.24, 2.45) is 5.73 Å². The Balaban J connectivity index is 1.88. The van der Waals surface area contributed by atoms with Gasteiger partial charge in [-0.15, -0.1) is 0 Å². The van der Waals surface area contributed by atoms with E-state index < -0.39 is 0 Å². The normalized spacial score (nSPS) is 16.5. The summed E-state index contributed by atoms with van der Waals surface area (Å²) in [6, 6.07) is 13.1. The third-order valence-electron chi connectivity index (χ3n) is 4.15. The molecule has 1 aliphatic rings. The highest BCUT2D eigenvalue weighted by atomic mass is 35.5. The van der Waals surface area contributed by atoms with Crippen molar-refractivity contribution >= 4 is 11.6 Å². The number of benzene rings is 2. The van der Waals surface area contributed by atoms with E-state index in [0.29, 0.717) is 17.1 Å². The third-order valence-corrected chi connectivity index (χ3v) is 4.38. The first-order valence-electron chi connectivity index (χ1n) is 7.15. The van der Waals surface area contributed by atoms with Gasteiger partial charge in [-0.3, -0.25) is 4.90 Å². The molecule has 21 heavy (non-hydrogen) atoms. The molecule has 1 heterocycles. The van der Waals surface area contributed by atoms with E-state index in [4.69, 9.17) is 17.3 Å².